The van der Waals surface area contributed by atoms with Crippen LogP contribution < -0.4 is 6.15 Å². The summed E-state index contributed by atoms with van der Waals surface area (Å²) in [5.74, 6) is -0.411. The molecular formula is C6H13NO4S. The largest absolute Gasteiger partial charge is 0.747 e. The Morgan fingerprint density at radius 2 is 1.92 bits per heavy atom. The van der Waals surface area contributed by atoms with Crippen LogP contribution in [-0.2, 0) is 14.9 Å². The highest BCUT2D eigenvalue weighted by Gasteiger charge is 2.27. The van der Waals surface area contributed by atoms with Crippen molar-refractivity contribution in [2.75, 3.05) is 0 Å². The molecule has 0 aromatic rings. The van der Waals surface area contributed by atoms with Crippen molar-refractivity contribution in [2.24, 2.45) is 0 Å². The fourth-order valence-electron chi connectivity index (χ4n) is 1.26. The van der Waals surface area contributed by atoms with Gasteiger partial charge in [0.1, 0.15) is 21.2 Å². The van der Waals surface area contributed by atoms with Crippen LogP contribution in [0.3, 0.4) is 0 Å². The molecule has 0 heterocycles. The van der Waals surface area contributed by atoms with E-state index in [4.69, 9.17) is 0 Å². The molecule has 1 saturated carbocycles. The van der Waals surface area contributed by atoms with Crippen LogP contribution in [0.15, 0.2) is 0 Å². The number of rotatable bonds is 1. The zero-order valence-corrected chi connectivity index (χ0v) is 7.76. The van der Waals surface area contributed by atoms with E-state index in [2.05, 4.69) is 0 Å². The van der Waals surface area contributed by atoms with Gasteiger partial charge in [0, 0.05) is 6.42 Å². The molecule has 0 amide bonds. The molecule has 1 aliphatic rings. The molecular weight excluding hydrogens is 182 g/mol. The first kappa shape index (κ1) is 11.5. The third kappa shape index (κ3) is 2.54. The molecule has 0 saturated heterocycles. The van der Waals surface area contributed by atoms with E-state index in [1.165, 1.54) is 0 Å². The molecule has 0 aromatic heterocycles. The predicted octanol–water partition coefficient (Wildman–Crippen LogP) is 0.420. The van der Waals surface area contributed by atoms with Crippen LogP contribution in [0.5, 0.6) is 0 Å². The maximum atomic E-state index is 10.9. The van der Waals surface area contributed by atoms with Gasteiger partial charge in [-0.25, -0.2) is 8.42 Å². The monoisotopic (exact) mass is 195 g/mol. The smallest absolute Gasteiger partial charge is 0.149 e. The fraction of sp³-hybridized carbons (Fsp3) is 0.833. The summed E-state index contributed by atoms with van der Waals surface area (Å²) in [5, 5.41) is -1.25. The Bertz CT molecular complexity index is 259. The second-order valence-electron chi connectivity index (χ2n) is 2.69. The molecule has 4 N–H and O–H groups in total. The average Bonchev–Trinajstić information content (AvgIpc) is 1.86. The zero-order chi connectivity index (χ0) is 8.48. The third-order valence-corrected chi connectivity index (χ3v) is 3.04. The van der Waals surface area contributed by atoms with Crippen molar-refractivity contribution in [1.82, 2.24) is 6.15 Å². The van der Waals surface area contributed by atoms with Gasteiger partial charge in [-0.15, -0.1) is 0 Å². The molecule has 0 bridgehead atoms. The quantitative estimate of drug-likeness (QED) is 0.611. The van der Waals surface area contributed by atoms with Gasteiger partial charge >= 0.3 is 0 Å². The van der Waals surface area contributed by atoms with E-state index in [1.807, 2.05) is 0 Å². The summed E-state index contributed by atoms with van der Waals surface area (Å²) < 4.78 is 31.3. The molecule has 0 aromatic carbocycles. The summed E-state index contributed by atoms with van der Waals surface area (Å²) in [7, 11) is -4.37. The van der Waals surface area contributed by atoms with Crippen LogP contribution in [0.1, 0.15) is 25.7 Å². The number of carbonyl (C=O) groups excluding carboxylic acids is 1. The molecule has 1 unspecified atom stereocenters. The molecule has 1 rings (SSSR count). The summed E-state index contributed by atoms with van der Waals surface area (Å²) in [6.07, 6.45) is 1.83. The summed E-state index contributed by atoms with van der Waals surface area (Å²) >= 11 is 0. The van der Waals surface area contributed by atoms with E-state index < -0.39 is 21.2 Å². The van der Waals surface area contributed by atoms with Gasteiger partial charge in [-0.3, -0.25) is 4.79 Å². The van der Waals surface area contributed by atoms with Crippen LogP contribution in [-0.4, -0.2) is 24.0 Å². The Morgan fingerprint density at radius 1 is 1.33 bits per heavy atom. The summed E-state index contributed by atoms with van der Waals surface area (Å²) in [5.41, 5.74) is 0. The lowest BCUT2D eigenvalue weighted by molar-refractivity contribution is -0.119. The van der Waals surface area contributed by atoms with Crippen LogP contribution in [0.25, 0.3) is 0 Å². The van der Waals surface area contributed by atoms with Crippen molar-refractivity contribution in [1.29, 1.82) is 0 Å². The Labute approximate surface area is 71.5 Å². The van der Waals surface area contributed by atoms with E-state index in [9.17, 15) is 17.8 Å². The van der Waals surface area contributed by atoms with Gasteiger partial charge in [-0.05, 0) is 12.8 Å². The van der Waals surface area contributed by atoms with E-state index in [-0.39, 0.29) is 19.0 Å². The lowest BCUT2D eigenvalue weighted by Crippen LogP contribution is -2.32. The van der Waals surface area contributed by atoms with Crippen molar-refractivity contribution in [3.8, 4) is 0 Å². The van der Waals surface area contributed by atoms with Gasteiger partial charge in [0.25, 0.3) is 0 Å². The summed E-state index contributed by atoms with van der Waals surface area (Å²) in [4.78, 5) is 10.9. The number of hydrogen-bond donors (Lipinski definition) is 1. The summed E-state index contributed by atoms with van der Waals surface area (Å²) in [6, 6.07) is 0. The van der Waals surface area contributed by atoms with Gasteiger partial charge in [-0.1, -0.05) is 6.42 Å². The van der Waals surface area contributed by atoms with Crippen LogP contribution >= 0.6 is 0 Å². The second kappa shape index (κ2) is 3.97. The number of quaternary nitrogens is 1. The van der Waals surface area contributed by atoms with Gasteiger partial charge < -0.3 is 10.7 Å². The Morgan fingerprint density at radius 3 is 2.25 bits per heavy atom. The topological polar surface area (TPSA) is 111 Å². The number of hydrogen-bond acceptors (Lipinski definition) is 4. The lowest BCUT2D eigenvalue weighted by Gasteiger charge is -2.22. The molecule has 6 heteroatoms. The predicted molar refractivity (Wildman–Crippen MR) is 42.9 cm³/mol. The van der Waals surface area contributed by atoms with Crippen molar-refractivity contribution in [3.05, 3.63) is 0 Å². The molecule has 1 fully saturated rings. The Kier molecular flexibility index (Phi) is 3.82. The molecule has 0 aliphatic heterocycles. The molecule has 1 aliphatic carbocycles. The summed E-state index contributed by atoms with van der Waals surface area (Å²) in [6.45, 7) is 0. The van der Waals surface area contributed by atoms with E-state index in [1.54, 1.807) is 0 Å². The lowest BCUT2D eigenvalue weighted by atomic mass is 9.99. The maximum Gasteiger partial charge on any atom is 0.149 e. The van der Waals surface area contributed by atoms with Crippen LogP contribution in [0.4, 0.5) is 0 Å². The highest BCUT2D eigenvalue weighted by molar-refractivity contribution is 7.87. The minimum atomic E-state index is -4.37. The molecule has 0 spiro atoms. The first-order valence-corrected chi connectivity index (χ1v) is 4.96. The number of Topliss-reactive ketones (excluding diaryl/α,β-unsaturated/α-hetero) is 1. The highest BCUT2D eigenvalue weighted by atomic mass is 32.2. The van der Waals surface area contributed by atoms with Gasteiger partial charge in [0.2, 0.25) is 0 Å². The molecule has 12 heavy (non-hydrogen) atoms. The molecule has 72 valence electrons. The maximum absolute atomic E-state index is 10.9. The van der Waals surface area contributed by atoms with Crippen molar-refractivity contribution < 1.29 is 17.8 Å². The van der Waals surface area contributed by atoms with Crippen LogP contribution in [0.2, 0.25) is 0 Å². The standard InChI is InChI=1S/C6H10O4S.H3N/c7-5-3-1-2-4-6(5)11(8,9)10;/h6H,1-4H2,(H,8,9,10);1H3. The van der Waals surface area contributed by atoms with Gasteiger partial charge in [-0.2, -0.15) is 0 Å². The van der Waals surface area contributed by atoms with Gasteiger partial charge in [0.05, 0.1) is 0 Å². The average molecular weight is 195 g/mol. The molecule has 5 nitrogen and oxygen atoms in total. The third-order valence-electron chi connectivity index (χ3n) is 1.85. The minimum Gasteiger partial charge on any atom is -0.747 e. The van der Waals surface area contributed by atoms with E-state index >= 15 is 0 Å². The van der Waals surface area contributed by atoms with E-state index in [0.29, 0.717) is 12.8 Å². The second-order valence-corrected chi connectivity index (χ2v) is 4.25. The van der Waals surface area contributed by atoms with E-state index in [0.717, 1.165) is 0 Å². The fourth-order valence-corrected chi connectivity index (χ4v) is 2.15. The first-order valence-electron chi connectivity index (χ1n) is 3.49. The Balaban J connectivity index is 0.00000121. The normalized spacial score (nSPS) is 24.8. The molecule has 0 radical (unpaired) electrons. The Hall–Kier alpha value is -0.460. The zero-order valence-electron chi connectivity index (χ0n) is 6.95. The van der Waals surface area contributed by atoms with Crippen LogP contribution in [0, 0.1) is 0 Å². The number of carbonyl (C=O) groups is 1. The van der Waals surface area contributed by atoms with Crippen molar-refractivity contribution in [3.63, 3.8) is 0 Å². The highest BCUT2D eigenvalue weighted by Crippen LogP contribution is 2.19. The minimum absolute atomic E-state index is 0. The van der Waals surface area contributed by atoms with Crippen molar-refractivity contribution >= 4 is 15.9 Å². The SMILES string of the molecule is O=C1CCCCC1S(=O)(=O)[O-].[NH4+]. The van der Waals surface area contributed by atoms with Crippen molar-refractivity contribution in [2.45, 2.75) is 30.9 Å². The molecule has 1 atom stereocenters. The van der Waals surface area contributed by atoms with Gasteiger partial charge in [0.15, 0.2) is 0 Å². The number of ketones is 1. The first-order chi connectivity index (χ1) is 5.02.